The molecule has 0 fully saturated rings. The molecule has 8 rings (SSSR count). The van der Waals surface area contributed by atoms with Gasteiger partial charge in [-0.2, -0.15) is 23.8 Å². The summed E-state index contributed by atoms with van der Waals surface area (Å²) in [4.78, 5) is 7.18. The zero-order chi connectivity index (χ0) is 40.6. The summed E-state index contributed by atoms with van der Waals surface area (Å²) in [5.74, 6) is 0.808. The second-order valence-electron chi connectivity index (χ2n) is 18.4. The molecule has 7 aromatic rings. The van der Waals surface area contributed by atoms with Crippen LogP contribution in [0.1, 0.15) is 95.6 Å². The molecule has 1 aliphatic heterocycles. The van der Waals surface area contributed by atoms with Crippen molar-refractivity contribution in [1.29, 1.82) is 0 Å². The van der Waals surface area contributed by atoms with Crippen LogP contribution >= 0.6 is 0 Å². The Morgan fingerprint density at radius 2 is 1.45 bits per heavy atom. The molecule has 5 aromatic carbocycles. The number of rotatable bonds is 8. The number of nitrogens with zero attached hydrogens (tertiary/aromatic N) is 4. The van der Waals surface area contributed by atoms with Crippen LogP contribution in [-0.4, -0.2) is 17.6 Å². The molecular weight excluding hydrogens is 901 g/mol. The fourth-order valence-electron chi connectivity index (χ4n) is 8.43. The number of benzene rings is 5. The van der Waals surface area contributed by atoms with Crippen LogP contribution in [0.15, 0.2) is 115 Å². The zero-order valence-corrected chi connectivity index (χ0v) is 39.6. The number of aryl methyl sites for hydroxylation is 1. The molecule has 58 heavy (non-hydrogen) atoms. The van der Waals surface area contributed by atoms with Gasteiger partial charge in [0.15, 0.2) is 0 Å². The molecule has 1 atom stereocenters. The molecule has 1 unspecified atom stereocenters. The van der Waals surface area contributed by atoms with E-state index in [0.717, 1.165) is 35.5 Å². The van der Waals surface area contributed by atoms with Crippen molar-refractivity contribution < 1.29 is 20.1 Å². The summed E-state index contributed by atoms with van der Waals surface area (Å²) >= 11 is 0. The fourth-order valence-corrected chi connectivity index (χ4v) is 10.0. The van der Waals surface area contributed by atoms with Gasteiger partial charge in [0.05, 0.1) is 8.07 Å². The molecular formula is C52H59IrN4Si. The van der Waals surface area contributed by atoms with Gasteiger partial charge in [-0.05, 0) is 76.3 Å². The van der Waals surface area contributed by atoms with Gasteiger partial charge in [0.25, 0.3) is 0 Å². The van der Waals surface area contributed by atoms with Crippen LogP contribution < -0.4 is 10.1 Å². The zero-order valence-electron chi connectivity index (χ0n) is 36.2. The van der Waals surface area contributed by atoms with Gasteiger partial charge in [-0.1, -0.05) is 140 Å². The summed E-state index contributed by atoms with van der Waals surface area (Å²) in [6.07, 6.45) is 3.05. The summed E-state index contributed by atoms with van der Waals surface area (Å²) in [6.45, 7) is 26.4. The van der Waals surface area contributed by atoms with E-state index in [1.807, 2.05) is 18.2 Å². The SMILES string of the molecule is CC(C)(C)Cc1cc(-c2[c-]cccc2)ncc1[Si](C)(C)C.CCn1c2c[c-]c(C3[N-]c4ccccc4N3c3c(C(C)C)cccc3C(C)C)cc2c2ccccc21.[Ir+3]. The van der Waals surface area contributed by atoms with Crippen molar-refractivity contribution in [2.24, 2.45) is 5.41 Å². The van der Waals surface area contributed by atoms with Crippen molar-refractivity contribution in [1.82, 2.24) is 9.55 Å². The van der Waals surface area contributed by atoms with E-state index in [2.05, 4.69) is 194 Å². The van der Waals surface area contributed by atoms with Gasteiger partial charge in [-0.15, -0.1) is 47.0 Å². The number of fused-ring (bicyclic) bond motifs is 4. The summed E-state index contributed by atoms with van der Waals surface area (Å²) in [6, 6.07) is 45.8. The molecule has 0 spiro atoms. The van der Waals surface area contributed by atoms with Crippen LogP contribution in [0.5, 0.6) is 0 Å². The predicted molar refractivity (Wildman–Crippen MR) is 248 cm³/mol. The molecule has 3 heterocycles. The van der Waals surface area contributed by atoms with Crippen molar-refractivity contribution in [3.05, 3.63) is 155 Å². The van der Waals surface area contributed by atoms with E-state index in [1.54, 1.807) is 0 Å². The maximum Gasteiger partial charge on any atom is 3.00 e. The molecule has 4 nitrogen and oxygen atoms in total. The molecule has 300 valence electrons. The summed E-state index contributed by atoms with van der Waals surface area (Å²) in [5.41, 5.74) is 13.7. The van der Waals surface area contributed by atoms with E-state index in [0.29, 0.717) is 11.8 Å². The predicted octanol–water partition coefficient (Wildman–Crippen LogP) is 14.4. The van der Waals surface area contributed by atoms with Crippen LogP contribution in [-0.2, 0) is 33.1 Å². The maximum atomic E-state index is 5.28. The van der Waals surface area contributed by atoms with Crippen molar-refractivity contribution >= 4 is 52.1 Å². The van der Waals surface area contributed by atoms with Crippen LogP contribution in [0.3, 0.4) is 0 Å². The molecule has 0 radical (unpaired) electrons. The van der Waals surface area contributed by atoms with E-state index in [4.69, 9.17) is 10.3 Å². The van der Waals surface area contributed by atoms with Gasteiger partial charge in [0.1, 0.15) is 0 Å². The van der Waals surface area contributed by atoms with E-state index < -0.39 is 8.07 Å². The van der Waals surface area contributed by atoms with Gasteiger partial charge < -0.3 is 19.8 Å². The quantitative estimate of drug-likeness (QED) is 0.112. The minimum Gasteiger partial charge on any atom is -0.661 e. The van der Waals surface area contributed by atoms with Crippen LogP contribution in [0, 0.1) is 17.5 Å². The summed E-state index contributed by atoms with van der Waals surface area (Å²) in [5, 5.41) is 9.33. The van der Waals surface area contributed by atoms with E-state index in [1.165, 1.54) is 55.1 Å². The average Bonchev–Trinajstić information content (AvgIpc) is 3.72. The van der Waals surface area contributed by atoms with E-state index in [9.17, 15) is 0 Å². The molecule has 0 N–H and O–H groups in total. The second kappa shape index (κ2) is 17.4. The average molecular weight is 960 g/mol. The normalized spacial score (nSPS) is 14.0. The molecule has 0 amide bonds. The number of pyridine rings is 1. The molecule has 0 aliphatic carbocycles. The Bertz CT molecular complexity index is 2480. The molecule has 6 heteroatoms. The smallest absolute Gasteiger partial charge is 0.661 e. The number of aromatic nitrogens is 2. The number of hydrogen-bond acceptors (Lipinski definition) is 2. The molecule has 0 saturated heterocycles. The Morgan fingerprint density at radius 3 is 2.09 bits per heavy atom. The topological polar surface area (TPSA) is 35.2 Å². The second-order valence-corrected chi connectivity index (χ2v) is 23.4. The summed E-state index contributed by atoms with van der Waals surface area (Å²) < 4.78 is 2.38. The largest absolute Gasteiger partial charge is 3.00 e. The number of hydrogen-bond donors (Lipinski definition) is 0. The fraction of sp³-hybridized carbons (Fsp3) is 0.327. The molecule has 0 saturated carbocycles. The van der Waals surface area contributed by atoms with Crippen molar-refractivity contribution in [3.8, 4) is 11.3 Å². The van der Waals surface area contributed by atoms with Crippen molar-refractivity contribution in [2.75, 3.05) is 4.90 Å². The number of anilines is 2. The van der Waals surface area contributed by atoms with Crippen LogP contribution in [0.25, 0.3) is 38.4 Å². The Labute approximate surface area is 362 Å². The first-order valence-corrected chi connectivity index (χ1v) is 24.3. The summed E-state index contributed by atoms with van der Waals surface area (Å²) in [7, 11) is -1.37. The van der Waals surface area contributed by atoms with Crippen LogP contribution in [0.2, 0.25) is 19.6 Å². The molecule has 0 bridgehead atoms. The first-order valence-electron chi connectivity index (χ1n) is 20.8. The minimum absolute atomic E-state index is 0. The van der Waals surface area contributed by atoms with Gasteiger partial charge in [-0.3, -0.25) is 0 Å². The Hall–Kier alpha value is -4.48. The maximum absolute atomic E-state index is 5.28. The van der Waals surface area contributed by atoms with Crippen molar-refractivity contribution in [2.45, 2.75) is 106 Å². The Balaban J connectivity index is 0.000000221. The van der Waals surface area contributed by atoms with Gasteiger partial charge in [-0.25, -0.2) is 0 Å². The van der Waals surface area contributed by atoms with E-state index >= 15 is 0 Å². The number of para-hydroxylation sites is 4. The first-order chi connectivity index (χ1) is 27.2. The van der Waals surface area contributed by atoms with Gasteiger partial charge >= 0.3 is 20.1 Å². The molecule has 2 aromatic heterocycles. The van der Waals surface area contributed by atoms with Crippen molar-refractivity contribution in [3.63, 3.8) is 0 Å². The Kier molecular flexibility index (Phi) is 12.9. The Morgan fingerprint density at radius 1 is 0.776 bits per heavy atom. The third kappa shape index (κ3) is 8.76. The molecule has 1 aliphatic rings. The van der Waals surface area contributed by atoms with E-state index in [-0.39, 0.29) is 31.7 Å². The monoisotopic (exact) mass is 960 g/mol. The van der Waals surface area contributed by atoms with Gasteiger partial charge in [0, 0.05) is 29.6 Å². The minimum atomic E-state index is -1.37. The first kappa shape index (κ1) is 43.1. The third-order valence-electron chi connectivity index (χ3n) is 11.1. The third-order valence-corrected chi connectivity index (χ3v) is 13.1. The standard InChI is InChI=1S/C33H33N3.C19H26NSi.Ir/c1-6-35-29-16-9-7-12-26(29)27-20-23(18-19-30(27)35)33-34-28-15-8-10-17-31(28)36(33)32-24(21(2)3)13-11-14-25(32)22(4)5;1-19(2,3)13-16-12-17(15-10-8-7-9-11-15)20-14-18(16)21(4,5)6;/h7-17,19-22,33H,6H2,1-5H3;7-10,12,14H,13H2,1-6H3;/q-2;-1;+3. The van der Waals surface area contributed by atoms with Crippen LogP contribution in [0.4, 0.5) is 17.1 Å². The van der Waals surface area contributed by atoms with Gasteiger partial charge in [0.2, 0.25) is 0 Å².